The van der Waals surface area contributed by atoms with E-state index in [4.69, 9.17) is 11.6 Å². The number of halogens is 4. The van der Waals surface area contributed by atoms with E-state index in [9.17, 15) is 13.6 Å². The first kappa shape index (κ1) is 11.8. The average Bonchev–Trinajstić information content (AvgIpc) is 2.43. The van der Waals surface area contributed by atoms with Crippen LogP contribution in [0.2, 0.25) is 5.02 Å². The van der Waals surface area contributed by atoms with E-state index in [0.29, 0.717) is 0 Å². The molecule has 0 aromatic heterocycles. The van der Waals surface area contributed by atoms with Crippen LogP contribution in [0.15, 0.2) is 12.1 Å². The number of anilines is 1. The Kier molecular flexibility index (Phi) is 3.17. The Hall–Kier alpha value is -0.680. The molecule has 0 bridgehead atoms. The highest BCUT2D eigenvalue weighted by Crippen LogP contribution is 2.31. The van der Waals surface area contributed by atoms with Crippen molar-refractivity contribution in [1.29, 1.82) is 0 Å². The fourth-order valence-electron chi connectivity index (χ4n) is 1.67. The van der Waals surface area contributed by atoms with E-state index in [1.807, 2.05) is 0 Å². The molecular formula is C10H7BrClF2NO. The lowest BCUT2D eigenvalue weighted by atomic mass is 10.2. The standard InChI is InChI=1S/C10H7BrClF2NO/c11-5-1-9(16)15(4-5)10-7(13)2-6(12)3-8(10)14/h2-3,5H,1,4H2. The highest BCUT2D eigenvalue weighted by Gasteiger charge is 2.32. The number of carbonyl (C=O) groups excluding carboxylic acids is 1. The largest absolute Gasteiger partial charge is 0.306 e. The van der Waals surface area contributed by atoms with Gasteiger partial charge in [-0.3, -0.25) is 4.79 Å². The Labute approximate surface area is 104 Å². The van der Waals surface area contributed by atoms with Crippen molar-refractivity contribution in [1.82, 2.24) is 0 Å². The molecule has 1 aliphatic heterocycles. The highest BCUT2D eigenvalue weighted by atomic mass is 79.9. The fourth-order valence-corrected chi connectivity index (χ4v) is 2.43. The summed E-state index contributed by atoms with van der Waals surface area (Å²) in [5.41, 5.74) is -0.323. The molecule has 86 valence electrons. The van der Waals surface area contributed by atoms with Gasteiger partial charge in [0.25, 0.3) is 0 Å². The molecule has 1 aromatic carbocycles. The van der Waals surface area contributed by atoms with E-state index in [1.54, 1.807) is 0 Å². The molecule has 0 N–H and O–H groups in total. The first-order chi connectivity index (χ1) is 7.49. The minimum Gasteiger partial charge on any atom is -0.306 e. The van der Waals surface area contributed by atoms with Gasteiger partial charge >= 0.3 is 0 Å². The first-order valence-electron chi connectivity index (χ1n) is 4.58. The number of benzene rings is 1. The van der Waals surface area contributed by atoms with E-state index in [0.717, 1.165) is 17.0 Å². The van der Waals surface area contributed by atoms with Crippen LogP contribution in [-0.4, -0.2) is 17.3 Å². The maximum atomic E-state index is 13.5. The number of carbonyl (C=O) groups is 1. The predicted octanol–water partition coefficient (Wildman–Crippen LogP) is 3.12. The van der Waals surface area contributed by atoms with Crippen LogP contribution in [0.3, 0.4) is 0 Å². The van der Waals surface area contributed by atoms with Gasteiger partial charge in [0.2, 0.25) is 5.91 Å². The van der Waals surface area contributed by atoms with Gasteiger partial charge in [-0.15, -0.1) is 0 Å². The van der Waals surface area contributed by atoms with Crippen molar-refractivity contribution in [2.75, 3.05) is 11.4 Å². The summed E-state index contributed by atoms with van der Waals surface area (Å²) >= 11 is 8.75. The van der Waals surface area contributed by atoms with Crippen molar-refractivity contribution in [2.24, 2.45) is 0 Å². The lowest BCUT2D eigenvalue weighted by Gasteiger charge is -2.17. The summed E-state index contributed by atoms with van der Waals surface area (Å²) in [7, 11) is 0. The van der Waals surface area contributed by atoms with Crippen LogP contribution in [0, 0.1) is 11.6 Å². The van der Waals surface area contributed by atoms with Gasteiger partial charge in [0.15, 0.2) is 11.6 Å². The van der Waals surface area contributed by atoms with Gasteiger partial charge in [0, 0.05) is 22.8 Å². The third-order valence-electron chi connectivity index (χ3n) is 2.33. The summed E-state index contributed by atoms with van der Waals surface area (Å²) in [6.45, 7) is 0.258. The normalized spacial score (nSPS) is 20.6. The molecule has 1 saturated heterocycles. The quantitative estimate of drug-likeness (QED) is 0.730. The number of amides is 1. The zero-order chi connectivity index (χ0) is 11.9. The van der Waals surface area contributed by atoms with E-state index in [2.05, 4.69) is 15.9 Å². The molecule has 1 aromatic rings. The lowest BCUT2D eigenvalue weighted by Crippen LogP contribution is -2.26. The number of hydrogen-bond donors (Lipinski definition) is 0. The molecule has 0 saturated carbocycles. The minimum atomic E-state index is -0.819. The molecule has 2 rings (SSSR count). The van der Waals surface area contributed by atoms with Gasteiger partial charge in [-0.25, -0.2) is 8.78 Å². The highest BCUT2D eigenvalue weighted by molar-refractivity contribution is 9.09. The SMILES string of the molecule is O=C1CC(Br)CN1c1c(F)cc(Cl)cc1F. The minimum absolute atomic E-state index is 0.0270. The second-order valence-electron chi connectivity index (χ2n) is 3.52. The third-order valence-corrected chi connectivity index (χ3v) is 3.16. The van der Waals surface area contributed by atoms with Crippen LogP contribution >= 0.6 is 27.5 Å². The summed E-state index contributed by atoms with van der Waals surface area (Å²) in [4.78, 5) is 12.5. The Morgan fingerprint density at radius 3 is 2.38 bits per heavy atom. The Morgan fingerprint density at radius 1 is 1.38 bits per heavy atom. The second-order valence-corrected chi connectivity index (χ2v) is 5.26. The Bertz CT molecular complexity index is 431. The number of nitrogens with zero attached hydrogens (tertiary/aromatic N) is 1. The van der Waals surface area contributed by atoms with Crippen molar-refractivity contribution < 1.29 is 13.6 Å². The molecule has 1 unspecified atom stereocenters. The molecule has 0 aliphatic carbocycles. The zero-order valence-corrected chi connectivity index (χ0v) is 10.4. The molecule has 1 fully saturated rings. The van der Waals surface area contributed by atoms with E-state index in [-0.39, 0.29) is 34.4 Å². The van der Waals surface area contributed by atoms with Gasteiger partial charge in [-0.05, 0) is 12.1 Å². The molecule has 1 atom stereocenters. The van der Waals surface area contributed by atoms with Crippen LogP contribution in [-0.2, 0) is 4.79 Å². The third kappa shape index (κ3) is 2.06. The van der Waals surface area contributed by atoms with Crippen LogP contribution in [0.5, 0.6) is 0 Å². The van der Waals surface area contributed by atoms with Crippen molar-refractivity contribution in [3.8, 4) is 0 Å². The monoisotopic (exact) mass is 309 g/mol. The molecule has 0 radical (unpaired) electrons. The van der Waals surface area contributed by atoms with Crippen LogP contribution in [0.1, 0.15) is 6.42 Å². The summed E-state index contributed by atoms with van der Waals surface area (Å²) in [5, 5.41) is -0.0270. The van der Waals surface area contributed by atoms with Gasteiger partial charge < -0.3 is 4.90 Å². The first-order valence-corrected chi connectivity index (χ1v) is 5.87. The maximum Gasteiger partial charge on any atom is 0.228 e. The summed E-state index contributed by atoms with van der Waals surface area (Å²) in [5.74, 6) is -1.94. The van der Waals surface area contributed by atoms with Gasteiger partial charge in [0.05, 0.1) is 0 Å². The van der Waals surface area contributed by atoms with Crippen LogP contribution in [0.4, 0.5) is 14.5 Å². The smallest absolute Gasteiger partial charge is 0.228 e. The van der Waals surface area contributed by atoms with E-state index < -0.39 is 11.6 Å². The molecule has 6 heteroatoms. The zero-order valence-electron chi connectivity index (χ0n) is 8.01. The van der Waals surface area contributed by atoms with Crippen molar-refractivity contribution >= 4 is 39.1 Å². The van der Waals surface area contributed by atoms with Crippen LogP contribution < -0.4 is 4.90 Å². The second kappa shape index (κ2) is 4.30. The van der Waals surface area contributed by atoms with Gasteiger partial charge in [0.1, 0.15) is 5.69 Å². The van der Waals surface area contributed by atoms with Crippen LogP contribution in [0.25, 0.3) is 0 Å². The van der Waals surface area contributed by atoms with Gasteiger partial charge in [-0.2, -0.15) is 0 Å². The molecule has 2 nitrogen and oxygen atoms in total. The maximum absolute atomic E-state index is 13.5. The average molecular weight is 311 g/mol. The molecular weight excluding hydrogens is 303 g/mol. The van der Waals surface area contributed by atoms with Crippen molar-refractivity contribution in [2.45, 2.75) is 11.2 Å². The van der Waals surface area contributed by atoms with Crippen molar-refractivity contribution in [3.63, 3.8) is 0 Å². The summed E-state index contributed by atoms with van der Waals surface area (Å²) < 4.78 is 27.1. The predicted molar refractivity (Wildman–Crippen MR) is 61.1 cm³/mol. The number of rotatable bonds is 1. The summed E-state index contributed by atoms with van der Waals surface area (Å²) in [6, 6.07) is 1.99. The van der Waals surface area contributed by atoms with E-state index in [1.165, 1.54) is 0 Å². The van der Waals surface area contributed by atoms with E-state index >= 15 is 0 Å². The van der Waals surface area contributed by atoms with Gasteiger partial charge in [-0.1, -0.05) is 27.5 Å². The topological polar surface area (TPSA) is 20.3 Å². The number of hydrogen-bond acceptors (Lipinski definition) is 1. The molecule has 1 aliphatic rings. The van der Waals surface area contributed by atoms with Crippen molar-refractivity contribution in [3.05, 3.63) is 28.8 Å². The number of alkyl halides is 1. The molecule has 1 heterocycles. The molecule has 16 heavy (non-hydrogen) atoms. The Balaban J connectivity index is 2.44. The molecule has 0 spiro atoms. The lowest BCUT2D eigenvalue weighted by molar-refractivity contribution is -0.117. The fraction of sp³-hybridized carbons (Fsp3) is 0.300. The Morgan fingerprint density at radius 2 is 1.94 bits per heavy atom. The summed E-state index contributed by atoms with van der Waals surface area (Å²) in [6.07, 6.45) is 0.238. The molecule has 1 amide bonds.